The first-order chi connectivity index (χ1) is 13.1. The van der Waals surface area contributed by atoms with Gasteiger partial charge in [-0.1, -0.05) is 12.1 Å². The number of H-pyrrole nitrogens is 1. The molecule has 0 aliphatic heterocycles. The summed E-state index contributed by atoms with van der Waals surface area (Å²) in [6.07, 6.45) is 0.635. The number of benzene rings is 2. The molecule has 7 nitrogen and oxygen atoms in total. The van der Waals surface area contributed by atoms with Gasteiger partial charge in [0.15, 0.2) is 5.69 Å². The van der Waals surface area contributed by atoms with Crippen molar-refractivity contribution >= 4 is 11.6 Å². The summed E-state index contributed by atoms with van der Waals surface area (Å²) in [4.78, 5) is 12.5. The minimum Gasteiger partial charge on any atom is -0.497 e. The van der Waals surface area contributed by atoms with Gasteiger partial charge in [-0.25, -0.2) is 0 Å². The first-order valence-electron chi connectivity index (χ1n) is 8.33. The Morgan fingerprint density at radius 2 is 1.67 bits per heavy atom. The van der Waals surface area contributed by atoms with Crippen LogP contribution in [0.5, 0.6) is 17.2 Å². The average molecular weight is 367 g/mol. The summed E-state index contributed by atoms with van der Waals surface area (Å²) in [6, 6.07) is 14.6. The Balaban J connectivity index is 1.69. The number of methoxy groups -OCH3 is 3. The molecule has 140 valence electrons. The maximum Gasteiger partial charge on any atom is 0.276 e. The van der Waals surface area contributed by atoms with E-state index in [-0.39, 0.29) is 5.91 Å². The van der Waals surface area contributed by atoms with Crippen molar-refractivity contribution in [1.82, 2.24) is 10.2 Å². The van der Waals surface area contributed by atoms with Crippen molar-refractivity contribution in [1.29, 1.82) is 0 Å². The number of amides is 1. The van der Waals surface area contributed by atoms with Crippen LogP contribution in [-0.2, 0) is 6.42 Å². The van der Waals surface area contributed by atoms with E-state index in [0.29, 0.717) is 29.3 Å². The van der Waals surface area contributed by atoms with E-state index in [2.05, 4.69) is 15.5 Å². The molecule has 0 atom stereocenters. The van der Waals surface area contributed by atoms with Crippen molar-refractivity contribution in [2.24, 2.45) is 0 Å². The third-order valence-electron chi connectivity index (χ3n) is 4.07. The van der Waals surface area contributed by atoms with E-state index in [0.717, 1.165) is 17.0 Å². The van der Waals surface area contributed by atoms with Crippen LogP contribution in [0.1, 0.15) is 21.7 Å². The van der Waals surface area contributed by atoms with Gasteiger partial charge in [-0.2, -0.15) is 5.10 Å². The van der Waals surface area contributed by atoms with Gasteiger partial charge in [0.05, 0.1) is 27.0 Å². The summed E-state index contributed by atoms with van der Waals surface area (Å²) in [7, 11) is 4.74. The molecule has 3 rings (SSSR count). The fraction of sp³-hybridized carbons (Fsp3) is 0.200. The fourth-order valence-electron chi connectivity index (χ4n) is 2.62. The van der Waals surface area contributed by atoms with E-state index in [1.165, 1.54) is 7.11 Å². The summed E-state index contributed by atoms with van der Waals surface area (Å²) in [5.41, 5.74) is 2.77. The van der Waals surface area contributed by atoms with Crippen LogP contribution < -0.4 is 19.5 Å². The topological polar surface area (TPSA) is 85.5 Å². The smallest absolute Gasteiger partial charge is 0.276 e. The third kappa shape index (κ3) is 4.38. The van der Waals surface area contributed by atoms with Crippen LogP contribution in [0.15, 0.2) is 48.5 Å². The van der Waals surface area contributed by atoms with Crippen molar-refractivity contribution in [3.05, 3.63) is 65.5 Å². The van der Waals surface area contributed by atoms with E-state index in [9.17, 15) is 4.79 Å². The largest absolute Gasteiger partial charge is 0.497 e. The summed E-state index contributed by atoms with van der Waals surface area (Å²) >= 11 is 0. The Labute approximate surface area is 157 Å². The maximum absolute atomic E-state index is 12.5. The predicted molar refractivity (Wildman–Crippen MR) is 102 cm³/mol. The number of hydrogen-bond acceptors (Lipinski definition) is 5. The summed E-state index contributed by atoms with van der Waals surface area (Å²) in [6.45, 7) is 0. The molecule has 2 N–H and O–H groups in total. The Morgan fingerprint density at radius 3 is 2.33 bits per heavy atom. The van der Waals surface area contributed by atoms with Crippen LogP contribution >= 0.6 is 0 Å². The van der Waals surface area contributed by atoms with Gasteiger partial charge in [-0.05, 0) is 35.9 Å². The van der Waals surface area contributed by atoms with Crippen molar-refractivity contribution in [3.8, 4) is 17.2 Å². The monoisotopic (exact) mass is 367 g/mol. The van der Waals surface area contributed by atoms with Crippen molar-refractivity contribution in [2.75, 3.05) is 26.6 Å². The average Bonchev–Trinajstić information content (AvgIpc) is 3.17. The minimum absolute atomic E-state index is 0.302. The number of rotatable bonds is 7. The lowest BCUT2D eigenvalue weighted by atomic mass is 10.1. The molecule has 27 heavy (non-hydrogen) atoms. The first-order valence-corrected chi connectivity index (χ1v) is 8.33. The molecule has 0 spiro atoms. The molecule has 0 aliphatic carbocycles. The molecule has 0 radical (unpaired) electrons. The van der Waals surface area contributed by atoms with Gasteiger partial charge in [0, 0.05) is 18.2 Å². The SMILES string of the molecule is COc1ccc(Cc2cc(C(=O)Nc3ccc(OC)cc3OC)n[nH]2)cc1. The van der Waals surface area contributed by atoms with Crippen LogP contribution in [0, 0.1) is 0 Å². The highest BCUT2D eigenvalue weighted by atomic mass is 16.5. The minimum atomic E-state index is -0.323. The molecular weight excluding hydrogens is 346 g/mol. The third-order valence-corrected chi connectivity index (χ3v) is 4.07. The predicted octanol–water partition coefficient (Wildman–Crippen LogP) is 3.28. The highest BCUT2D eigenvalue weighted by Crippen LogP contribution is 2.29. The molecule has 0 saturated heterocycles. The van der Waals surface area contributed by atoms with Crippen LogP contribution in [-0.4, -0.2) is 37.4 Å². The lowest BCUT2D eigenvalue weighted by molar-refractivity contribution is 0.102. The van der Waals surface area contributed by atoms with Crippen molar-refractivity contribution in [2.45, 2.75) is 6.42 Å². The van der Waals surface area contributed by atoms with Gasteiger partial charge >= 0.3 is 0 Å². The van der Waals surface area contributed by atoms with E-state index < -0.39 is 0 Å². The number of anilines is 1. The standard InChI is InChI=1S/C20H21N3O4/c1-25-15-6-4-13(5-7-15)10-14-11-18(23-22-14)20(24)21-17-9-8-16(26-2)12-19(17)27-3/h4-9,11-12H,10H2,1-3H3,(H,21,24)(H,22,23). The van der Waals surface area contributed by atoms with Crippen molar-refractivity contribution < 1.29 is 19.0 Å². The number of nitrogens with zero attached hydrogens (tertiary/aromatic N) is 1. The zero-order chi connectivity index (χ0) is 19.2. The Hall–Kier alpha value is -3.48. The van der Waals surface area contributed by atoms with Gasteiger partial charge < -0.3 is 19.5 Å². The highest BCUT2D eigenvalue weighted by Gasteiger charge is 2.14. The molecule has 3 aromatic rings. The second-order valence-corrected chi connectivity index (χ2v) is 5.82. The number of nitrogens with one attached hydrogen (secondary N) is 2. The van der Waals surface area contributed by atoms with E-state index >= 15 is 0 Å². The second kappa shape index (κ2) is 8.27. The van der Waals surface area contributed by atoms with Gasteiger partial charge in [0.2, 0.25) is 0 Å². The summed E-state index contributed by atoms with van der Waals surface area (Å²) in [5.74, 6) is 1.63. The number of hydrogen-bond donors (Lipinski definition) is 2. The van der Waals surface area contributed by atoms with E-state index in [1.807, 2.05) is 24.3 Å². The quantitative estimate of drug-likeness (QED) is 0.669. The van der Waals surface area contributed by atoms with Crippen LogP contribution in [0.25, 0.3) is 0 Å². The Morgan fingerprint density at radius 1 is 0.963 bits per heavy atom. The van der Waals surface area contributed by atoms with E-state index in [4.69, 9.17) is 14.2 Å². The molecule has 1 heterocycles. The summed E-state index contributed by atoms with van der Waals surface area (Å²) in [5, 5.41) is 9.81. The molecule has 0 bridgehead atoms. The maximum atomic E-state index is 12.5. The van der Waals surface area contributed by atoms with Gasteiger partial charge in [-0.3, -0.25) is 9.89 Å². The van der Waals surface area contributed by atoms with E-state index in [1.54, 1.807) is 38.5 Å². The molecule has 2 aromatic carbocycles. The number of aromatic nitrogens is 2. The number of carbonyl (C=O) groups is 1. The number of aromatic amines is 1. The number of ether oxygens (including phenoxy) is 3. The first kappa shape index (κ1) is 18.3. The Kier molecular flexibility index (Phi) is 5.61. The molecule has 7 heteroatoms. The lowest BCUT2D eigenvalue weighted by Gasteiger charge is -2.10. The Bertz CT molecular complexity index is 919. The zero-order valence-corrected chi connectivity index (χ0v) is 15.4. The molecule has 0 fully saturated rings. The molecule has 0 saturated carbocycles. The number of carbonyl (C=O) groups excluding carboxylic acids is 1. The zero-order valence-electron chi connectivity index (χ0n) is 15.4. The lowest BCUT2D eigenvalue weighted by Crippen LogP contribution is -2.13. The molecule has 0 aliphatic rings. The van der Waals surface area contributed by atoms with Crippen LogP contribution in [0.2, 0.25) is 0 Å². The van der Waals surface area contributed by atoms with Crippen LogP contribution in [0.3, 0.4) is 0 Å². The fourth-order valence-corrected chi connectivity index (χ4v) is 2.62. The molecule has 1 amide bonds. The summed E-state index contributed by atoms with van der Waals surface area (Å²) < 4.78 is 15.6. The highest BCUT2D eigenvalue weighted by molar-refractivity contribution is 6.03. The van der Waals surface area contributed by atoms with Crippen molar-refractivity contribution in [3.63, 3.8) is 0 Å². The molecular formula is C20H21N3O4. The molecule has 1 aromatic heterocycles. The normalized spacial score (nSPS) is 10.3. The van der Waals surface area contributed by atoms with Gasteiger partial charge in [0.1, 0.15) is 17.2 Å². The van der Waals surface area contributed by atoms with Gasteiger partial charge in [-0.15, -0.1) is 0 Å². The van der Waals surface area contributed by atoms with Gasteiger partial charge in [0.25, 0.3) is 5.91 Å². The van der Waals surface area contributed by atoms with Crippen LogP contribution in [0.4, 0.5) is 5.69 Å². The second-order valence-electron chi connectivity index (χ2n) is 5.82. The molecule has 0 unspecified atom stereocenters.